The Morgan fingerprint density at radius 3 is 2.67 bits per heavy atom. The highest BCUT2D eigenvalue weighted by Crippen LogP contribution is 2.39. The minimum atomic E-state index is -0.641. The Morgan fingerprint density at radius 2 is 2.10 bits per heavy atom. The first-order valence-corrected chi connectivity index (χ1v) is 7.41. The molecule has 4 rings (SSSR count). The van der Waals surface area contributed by atoms with E-state index in [1.807, 2.05) is 24.3 Å². The molecule has 114 valence electrons. The minimum absolute atomic E-state index is 0.167. The van der Waals surface area contributed by atoms with Crippen molar-refractivity contribution in [2.75, 3.05) is 39.2 Å². The predicted molar refractivity (Wildman–Crippen MR) is 80.5 cm³/mol. The van der Waals surface area contributed by atoms with Crippen LogP contribution < -0.4 is 10.1 Å². The van der Waals surface area contributed by atoms with Crippen LogP contribution in [0.15, 0.2) is 24.3 Å². The molecule has 5 nitrogen and oxygen atoms in total. The van der Waals surface area contributed by atoms with E-state index in [4.69, 9.17) is 9.47 Å². The number of hydrogen-bond acceptors (Lipinski definition) is 5. The van der Waals surface area contributed by atoms with Gasteiger partial charge in [0.15, 0.2) is 5.54 Å². The van der Waals surface area contributed by atoms with Crippen molar-refractivity contribution in [3.8, 4) is 5.75 Å². The van der Waals surface area contributed by atoms with E-state index >= 15 is 0 Å². The van der Waals surface area contributed by atoms with E-state index in [1.54, 1.807) is 7.11 Å². The highest BCUT2D eigenvalue weighted by atomic mass is 16.5. The summed E-state index contributed by atoms with van der Waals surface area (Å²) in [7, 11) is 3.11. The molecule has 0 amide bonds. The van der Waals surface area contributed by atoms with Crippen LogP contribution >= 0.6 is 0 Å². The number of carbonyl (C=O) groups is 1. The van der Waals surface area contributed by atoms with E-state index in [2.05, 4.69) is 10.2 Å². The number of benzene rings is 1. The lowest BCUT2D eigenvalue weighted by Crippen LogP contribution is -2.67. The molecular formula is C16H22N2O3. The summed E-state index contributed by atoms with van der Waals surface area (Å²) < 4.78 is 10.4. The SMILES string of the molecule is COC(=O)C1(Nc2cccc(OC)c2)CN2CCC1CC2. The molecule has 5 heteroatoms. The van der Waals surface area contributed by atoms with E-state index in [-0.39, 0.29) is 5.97 Å². The van der Waals surface area contributed by atoms with Gasteiger partial charge < -0.3 is 19.7 Å². The second-order valence-electron chi connectivity index (χ2n) is 5.87. The van der Waals surface area contributed by atoms with Crippen molar-refractivity contribution in [1.82, 2.24) is 4.90 Å². The molecule has 3 aliphatic heterocycles. The molecule has 1 atom stereocenters. The van der Waals surface area contributed by atoms with Crippen LogP contribution in [0, 0.1) is 5.92 Å². The molecule has 1 aromatic rings. The van der Waals surface area contributed by atoms with Crippen molar-refractivity contribution in [2.45, 2.75) is 18.4 Å². The third-order valence-corrected chi connectivity index (χ3v) is 4.74. The van der Waals surface area contributed by atoms with Crippen molar-refractivity contribution < 1.29 is 14.3 Å². The van der Waals surface area contributed by atoms with Crippen molar-refractivity contribution in [3.63, 3.8) is 0 Å². The van der Waals surface area contributed by atoms with Crippen LogP contribution in [-0.2, 0) is 9.53 Å². The van der Waals surface area contributed by atoms with E-state index in [9.17, 15) is 4.79 Å². The summed E-state index contributed by atoms with van der Waals surface area (Å²) in [6.07, 6.45) is 2.07. The van der Waals surface area contributed by atoms with E-state index < -0.39 is 5.54 Å². The van der Waals surface area contributed by atoms with Gasteiger partial charge in [0.25, 0.3) is 0 Å². The maximum absolute atomic E-state index is 12.5. The van der Waals surface area contributed by atoms with E-state index in [0.717, 1.165) is 37.4 Å². The fourth-order valence-corrected chi connectivity index (χ4v) is 3.63. The zero-order valence-electron chi connectivity index (χ0n) is 12.6. The molecule has 0 spiro atoms. The molecule has 1 aromatic carbocycles. The summed E-state index contributed by atoms with van der Waals surface area (Å²) in [4.78, 5) is 14.8. The third kappa shape index (κ3) is 2.46. The standard InChI is InChI=1S/C16H22N2O3/c1-20-14-5-3-4-13(10-14)17-16(15(19)21-2)11-18-8-6-12(16)7-9-18/h3-5,10,12,17H,6-9,11H2,1-2H3. The van der Waals surface area contributed by atoms with Gasteiger partial charge in [-0.25, -0.2) is 4.79 Å². The summed E-state index contributed by atoms with van der Waals surface area (Å²) in [5.74, 6) is 0.933. The average molecular weight is 290 g/mol. The lowest BCUT2D eigenvalue weighted by molar-refractivity contribution is -0.153. The summed E-state index contributed by atoms with van der Waals surface area (Å²) >= 11 is 0. The van der Waals surface area contributed by atoms with Gasteiger partial charge in [0.2, 0.25) is 0 Å². The number of rotatable bonds is 4. The topological polar surface area (TPSA) is 50.8 Å². The summed E-state index contributed by atoms with van der Waals surface area (Å²) in [6.45, 7) is 2.86. The van der Waals surface area contributed by atoms with E-state index in [0.29, 0.717) is 12.5 Å². The van der Waals surface area contributed by atoms with Gasteiger partial charge >= 0.3 is 5.97 Å². The smallest absolute Gasteiger partial charge is 0.333 e. The first-order chi connectivity index (χ1) is 10.2. The lowest BCUT2D eigenvalue weighted by Gasteiger charge is -2.51. The summed E-state index contributed by atoms with van der Waals surface area (Å²) in [5, 5.41) is 3.46. The Balaban J connectivity index is 1.91. The van der Waals surface area contributed by atoms with Gasteiger partial charge in [-0.15, -0.1) is 0 Å². The molecule has 0 saturated carbocycles. The lowest BCUT2D eigenvalue weighted by atomic mass is 9.72. The number of piperidine rings is 3. The van der Waals surface area contributed by atoms with Crippen LogP contribution in [0.5, 0.6) is 5.75 Å². The Labute approximate surface area is 125 Å². The van der Waals surface area contributed by atoms with Gasteiger partial charge in [0.05, 0.1) is 14.2 Å². The Kier molecular flexibility index (Phi) is 3.76. The number of methoxy groups -OCH3 is 2. The molecule has 3 saturated heterocycles. The van der Waals surface area contributed by atoms with Crippen LogP contribution in [0.4, 0.5) is 5.69 Å². The minimum Gasteiger partial charge on any atom is -0.497 e. The number of nitrogens with zero attached hydrogens (tertiary/aromatic N) is 1. The average Bonchev–Trinajstić information content (AvgIpc) is 2.55. The van der Waals surface area contributed by atoms with Crippen molar-refractivity contribution in [1.29, 1.82) is 0 Å². The van der Waals surface area contributed by atoms with Crippen LogP contribution in [0.2, 0.25) is 0 Å². The zero-order chi connectivity index (χ0) is 14.9. The maximum atomic E-state index is 12.5. The van der Waals surface area contributed by atoms with Crippen LogP contribution in [-0.4, -0.2) is 50.3 Å². The fraction of sp³-hybridized carbons (Fsp3) is 0.562. The molecule has 3 fully saturated rings. The normalized spacial score (nSPS) is 30.8. The summed E-state index contributed by atoms with van der Waals surface area (Å²) in [5.41, 5.74) is 0.256. The zero-order valence-corrected chi connectivity index (χ0v) is 12.6. The largest absolute Gasteiger partial charge is 0.497 e. The fourth-order valence-electron chi connectivity index (χ4n) is 3.63. The van der Waals surface area contributed by atoms with Gasteiger partial charge in [-0.2, -0.15) is 0 Å². The Morgan fingerprint density at radius 1 is 1.33 bits per heavy atom. The van der Waals surface area contributed by atoms with Crippen molar-refractivity contribution in [3.05, 3.63) is 24.3 Å². The number of fused-ring (bicyclic) bond motifs is 3. The number of ether oxygens (including phenoxy) is 2. The predicted octanol–water partition coefficient (Wildman–Crippen LogP) is 1.74. The van der Waals surface area contributed by atoms with Gasteiger partial charge in [-0.3, -0.25) is 0 Å². The molecule has 0 aromatic heterocycles. The number of nitrogens with one attached hydrogen (secondary N) is 1. The second kappa shape index (κ2) is 5.56. The molecule has 1 unspecified atom stereocenters. The van der Waals surface area contributed by atoms with Crippen molar-refractivity contribution in [2.24, 2.45) is 5.92 Å². The molecule has 1 N–H and O–H groups in total. The Hall–Kier alpha value is -1.75. The molecular weight excluding hydrogens is 268 g/mol. The first-order valence-electron chi connectivity index (χ1n) is 7.41. The maximum Gasteiger partial charge on any atom is 0.333 e. The quantitative estimate of drug-likeness (QED) is 0.856. The van der Waals surface area contributed by atoms with Crippen LogP contribution in [0.1, 0.15) is 12.8 Å². The van der Waals surface area contributed by atoms with Crippen LogP contribution in [0.25, 0.3) is 0 Å². The molecule has 0 aliphatic carbocycles. The molecule has 21 heavy (non-hydrogen) atoms. The molecule has 0 radical (unpaired) electrons. The molecule has 2 bridgehead atoms. The third-order valence-electron chi connectivity index (χ3n) is 4.74. The monoisotopic (exact) mass is 290 g/mol. The summed E-state index contributed by atoms with van der Waals surface area (Å²) in [6, 6.07) is 7.70. The number of hydrogen-bond donors (Lipinski definition) is 1. The number of esters is 1. The van der Waals surface area contributed by atoms with Gasteiger partial charge in [0.1, 0.15) is 5.75 Å². The highest BCUT2D eigenvalue weighted by molar-refractivity contribution is 5.86. The van der Waals surface area contributed by atoms with E-state index in [1.165, 1.54) is 7.11 Å². The highest BCUT2D eigenvalue weighted by Gasteiger charge is 2.53. The van der Waals surface area contributed by atoms with Gasteiger partial charge in [0, 0.05) is 18.3 Å². The van der Waals surface area contributed by atoms with Crippen molar-refractivity contribution >= 4 is 11.7 Å². The molecule has 3 aliphatic rings. The second-order valence-corrected chi connectivity index (χ2v) is 5.87. The number of anilines is 1. The van der Waals surface area contributed by atoms with Gasteiger partial charge in [-0.1, -0.05) is 6.07 Å². The first kappa shape index (κ1) is 14.2. The Bertz CT molecular complexity index is 526. The molecule has 3 heterocycles. The van der Waals surface area contributed by atoms with Gasteiger partial charge in [-0.05, 0) is 44.0 Å². The van der Waals surface area contributed by atoms with Crippen LogP contribution in [0.3, 0.4) is 0 Å². The number of carbonyl (C=O) groups excluding carboxylic acids is 1.